The van der Waals surface area contributed by atoms with E-state index in [-0.39, 0.29) is 23.0 Å². The quantitative estimate of drug-likeness (QED) is 0.377. The third-order valence-corrected chi connectivity index (χ3v) is 8.09. The molecule has 2 amide bonds. The average Bonchev–Trinajstić information content (AvgIpc) is 2.92. The van der Waals surface area contributed by atoms with Gasteiger partial charge in [-0.25, -0.2) is 8.42 Å². The molecule has 1 unspecified atom stereocenters. The number of sulfonamides is 1. The Morgan fingerprint density at radius 2 is 1.68 bits per heavy atom. The predicted octanol–water partition coefficient (Wildman–Crippen LogP) is 4.41. The van der Waals surface area contributed by atoms with Crippen molar-refractivity contribution in [2.45, 2.75) is 38.3 Å². The van der Waals surface area contributed by atoms with Gasteiger partial charge in [0.15, 0.2) is 0 Å². The zero-order valence-electron chi connectivity index (χ0n) is 21.8. The number of hydrogen-bond acceptors (Lipinski definition) is 5. The molecule has 3 rings (SSSR count). The standard InChI is InChI=1S/C28H32ClN3O5S/c1-5-30-28(34)21(3)31(18-22-12-15-24(37-4)16-13-22)27(33)19-32(26-17-23(29)14-11-20(26)2)38(35,36)25-9-7-6-8-10-25/h6-17,21H,5,18-19H2,1-4H3,(H,30,34). The van der Waals surface area contributed by atoms with E-state index in [1.54, 1.807) is 82.5 Å². The molecule has 0 bridgehead atoms. The maximum atomic E-state index is 13.9. The first-order valence-corrected chi connectivity index (χ1v) is 13.9. The van der Waals surface area contributed by atoms with E-state index in [0.717, 1.165) is 9.87 Å². The third-order valence-electron chi connectivity index (χ3n) is 6.08. The molecule has 3 aromatic rings. The normalized spacial score (nSPS) is 11.9. The number of anilines is 1. The Kier molecular flexibility index (Phi) is 9.77. The molecule has 1 N–H and O–H groups in total. The largest absolute Gasteiger partial charge is 0.497 e. The monoisotopic (exact) mass is 557 g/mol. The molecule has 8 nitrogen and oxygen atoms in total. The number of carbonyl (C=O) groups excluding carboxylic acids is 2. The van der Waals surface area contributed by atoms with Crippen LogP contribution in [0, 0.1) is 6.92 Å². The molecule has 0 aromatic heterocycles. The number of methoxy groups -OCH3 is 1. The first-order chi connectivity index (χ1) is 18.1. The molecule has 0 aliphatic carbocycles. The van der Waals surface area contributed by atoms with Crippen molar-refractivity contribution in [1.82, 2.24) is 10.2 Å². The van der Waals surface area contributed by atoms with E-state index in [2.05, 4.69) is 5.32 Å². The topological polar surface area (TPSA) is 96.0 Å². The maximum absolute atomic E-state index is 13.9. The Hall–Kier alpha value is -3.56. The lowest BCUT2D eigenvalue weighted by atomic mass is 10.1. The zero-order chi connectivity index (χ0) is 27.9. The average molecular weight is 558 g/mol. The van der Waals surface area contributed by atoms with Crippen molar-refractivity contribution in [3.8, 4) is 5.75 Å². The number of carbonyl (C=O) groups is 2. The fourth-order valence-corrected chi connectivity index (χ4v) is 5.57. The molecule has 10 heteroatoms. The number of nitrogens with one attached hydrogen (secondary N) is 1. The van der Waals surface area contributed by atoms with Crippen molar-refractivity contribution in [2.24, 2.45) is 0 Å². The van der Waals surface area contributed by atoms with Gasteiger partial charge in [0.2, 0.25) is 11.8 Å². The lowest BCUT2D eigenvalue weighted by molar-refractivity contribution is -0.139. The van der Waals surface area contributed by atoms with Crippen LogP contribution < -0.4 is 14.4 Å². The van der Waals surface area contributed by atoms with Gasteiger partial charge in [-0.05, 0) is 68.3 Å². The van der Waals surface area contributed by atoms with E-state index in [4.69, 9.17) is 16.3 Å². The summed E-state index contributed by atoms with van der Waals surface area (Å²) in [6.45, 7) is 5.11. The molecule has 0 fully saturated rings. The van der Waals surface area contributed by atoms with Gasteiger partial charge in [0, 0.05) is 18.1 Å². The van der Waals surface area contributed by atoms with Gasteiger partial charge in [-0.2, -0.15) is 0 Å². The second kappa shape index (κ2) is 12.8. The van der Waals surface area contributed by atoms with Crippen molar-refractivity contribution in [3.63, 3.8) is 0 Å². The highest BCUT2D eigenvalue weighted by atomic mass is 35.5. The molecule has 3 aromatic carbocycles. The molecule has 0 aliphatic heterocycles. The first kappa shape index (κ1) is 29.0. The van der Waals surface area contributed by atoms with E-state index < -0.39 is 28.5 Å². The van der Waals surface area contributed by atoms with Crippen LogP contribution in [-0.2, 0) is 26.2 Å². The molecule has 0 saturated carbocycles. The SMILES string of the molecule is CCNC(=O)C(C)N(Cc1ccc(OC)cc1)C(=O)CN(c1cc(Cl)ccc1C)S(=O)(=O)c1ccccc1. The third kappa shape index (κ3) is 6.85. The minimum Gasteiger partial charge on any atom is -0.497 e. The van der Waals surface area contributed by atoms with Gasteiger partial charge < -0.3 is 15.0 Å². The Morgan fingerprint density at radius 3 is 2.29 bits per heavy atom. The summed E-state index contributed by atoms with van der Waals surface area (Å²) in [5.74, 6) is -0.232. The molecule has 0 saturated heterocycles. The highest BCUT2D eigenvalue weighted by molar-refractivity contribution is 7.92. The molecule has 0 spiro atoms. The molecular weight excluding hydrogens is 526 g/mol. The maximum Gasteiger partial charge on any atom is 0.264 e. The van der Waals surface area contributed by atoms with Crippen LogP contribution in [0.25, 0.3) is 0 Å². The van der Waals surface area contributed by atoms with E-state index in [1.165, 1.54) is 23.1 Å². The number of rotatable bonds is 11. The van der Waals surface area contributed by atoms with Crippen molar-refractivity contribution >= 4 is 39.1 Å². The predicted molar refractivity (Wildman–Crippen MR) is 149 cm³/mol. The van der Waals surface area contributed by atoms with E-state index in [1.807, 2.05) is 0 Å². The van der Waals surface area contributed by atoms with Gasteiger partial charge in [0.05, 0.1) is 17.7 Å². The summed E-state index contributed by atoms with van der Waals surface area (Å²) in [6, 6.07) is 19.0. The molecule has 0 heterocycles. The van der Waals surface area contributed by atoms with Gasteiger partial charge in [0.1, 0.15) is 18.3 Å². The number of hydrogen-bond donors (Lipinski definition) is 1. The number of likely N-dealkylation sites (N-methyl/N-ethyl adjacent to an activating group) is 1. The molecule has 202 valence electrons. The number of aryl methyl sites for hydroxylation is 1. The van der Waals surface area contributed by atoms with E-state index in [0.29, 0.717) is 22.9 Å². The number of benzene rings is 3. The summed E-state index contributed by atoms with van der Waals surface area (Å²) in [7, 11) is -2.59. The van der Waals surface area contributed by atoms with Crippen molar-refractivity contribution in [1.29, 1.82) is 0 Å². The fraction of sp³-hybridized carbons (Fsp3) is 0.286. The Morgan fingerprint density at radius 1 is 1.03 bits per heavy atom. The number of nitrogens with zero attached hydrogens (tertiary/aromatic N) is 2. The van der Waals surface area contributed by atoms with Gasteiger partial charge >= 0.3 is 0 Å². The summed E-state index contributed by atoms with van der Waals surface area (Å²) in [4.78, 5) is 28.0. The van der Waals surface area contributed by atoms with Crippen LogP contribution in [0.1, 0.15) is 25.0 Å². The fourth-order valence-electron chi connectivity index (χ4n) is 3.92. The summed E-state index contributed by atoms with van der Waals surface area (Å²) in [5, 5.41) is 3.07. The summed E-state index contributed by atoms with van der Waals surface area (Å²) in [6.07, 6.45) is 0. The van der Waals surface area contributed by atoms with Gasteiger partial charge in [-0.3, -0.25) is 13.9 Å². The Balaban J connectivity index is 2.05. The van der Waals surface area contributed by atoms with Gasteiger partial charge in [-0.1, -0.05) is 48.0 Å². The van der Waals surface area contributed by atoms with Crippen LogP contribution in [0.2, 0.25) is 5.02 Å². The van der Waals surface area contributed by atoms with Crippen LogP contribution in [-0.4, -0.2) is 51.4 Å². The molecule has 38 heavy (non-hydrogen) atoms. The second-order valence-electron chi connectivity index (χ2n) is 8.70. The van der Waals surface area contributed by atoms with Crippen molar-refractivity contribution in [2.75, 3.05) is 24.5 Å². The number of amides is 2. The lowest BCUT2D eigenvalue weighted by Gasteiger charge is -2.32. The second-order valence-corrected chi connectivity index (χ2v) is 11.0. The van der Waals surface area contributed by atoms with E-state index >= 15 is 0 Å². The minimum atomic E-state index is -4.15. The summed E-state index contributed by atoms with van der Waals surface area (Å²) >= 11 is 6.23. The van der Waals surface area contributed by atoms with Crippen LogP contribution in [0.4, 0.5) is 5.69 Å². The van der Waals surface area contributed by atoms with E-state index in [9.17, 15) is 18.0 Å². The molecule has 0 aliphatic rings. The van der Waals surface area contributed by atoms with Crippen molar-refractivity contribution < 1.29 is 22.7 Å². The highest BCUT2D eigenvalue weighted by Crippen LogP contribution is 2.30. The Labute approximate surface area is 229 Å². The number of ether oxygens (including phenoxy) is 1. The summed E-state index contributed by atoms with van der Waals surface area (Å²) < 4.78 is 33.9. The van der Waals surface area contributed by atoms with Crippen LogP contribution >= 0.6 is 11.6 Å². The van der Waals surface area contributed by atoms with Crippen LogP contribution in [0.3, 0.4) is 0 Å². The zero-order valence-corrected chi connectivity index (χ0v) is 23.4. The van der Waals surface area contributed by atoms with Crippen molar-refractivity contribution in [3.05, 3.63) is 88.9 Å². The summed E-state index contributed by atoms with van der Waals surface area (Å²) in [5.41, 5.74) is 1.66. The van der Waals surface area contributed by atoms with Crippen LogP contribution in [0.15, 0.2) is 77.7 Å². The minimum absolute atomic E-state index is 0.0330. The smallest absolute Gasteiger partial charge is 0.264 e. The number of halogens is 1. The first-order valence-electron chi connectivity index (χ1n) is 12.1. The molecule has 1 atom stereocenters. The lowest BCUT2D eigenvalue weighted by Crippen LogP contribution is -2.51. The van der Waals surface area contributed by atoms with Crippen LogP contribution in [0.5, 0.6) is 5.75 Å². The molecule has 0 radical (unpaired) electrons. The van der Waals surface area contributed by atoms with Gasteiger partial charge in [0.25, 0.3) is 10.0 Å². The van der Waals surface area contributed by atoms with Gasteiger partial charge in [-0.15, -0.1) is 0 Å². The highest BCUT2D eigenvalue weighted by Gasteiger charge is 2.33. The Bertz CT molecular complexity index is 1360. The molecular formula is C28H32ClN3O5S.